The van der Waals surface area contributed by atoms with E-state index < -0.39 is 48.8 Å². The van der Waals surface area contributed by atoms with Gasteiger partial charge in [0.15, 0.2) is 0 Å². The standard InChI is InChI=1S/C48H100N2O4.C24H52N2O4/c1-5-9-13-17-21-25-29-33-37-45(51)41-49(42-46(52)38-34-30-26-22-18-14-10-6-2)50(43-47(53)39-35-31-27-23-19-15-11-7-3)44-48(54)40-36-32-28-24-20-16-12-8-4;1-5-9-13-21(27)17-25(18-22(28)14-10-6-2)26(19-23(29)15-11-7-3)20-24(30)16-12-8-4/h45-48,51-54H,5-44H2,1-4H3;21-24,27-30H,5-20H2,1-4H3. The fourth-order valence-electron chi connectivity index (χ4n) is 11.7. The summed E-state index contributed by atoms with van der Waals surface area (Å²) in [4.78, 5) is 0. The van der Waals surface area contributed by atoms with Crippen LogP contribution in [0.4, 0.5) is 0 Å². The van der Waals surface area contributed by atoms with Gasteiger partial charge in [-0.3, -0.25) is 0 Å². The van der Waals surface area contributed by atoms with Crippen molar-refractivity contribution in [2.45, 2.75) is 412 Å². The molecule has 508 valence electrons. The van der Waals surface area contributed by atoms with Gasteiger partial charge in [0.05, 0.1) is 48.8 Å². The Morgan fingerprint density at radius 2 is 0.262 bits per heavy atom. The monoisotopic (exact) mass is 1200 g/mol. The fraction of sp³-hybridized carbons (Fsp3) is 1.00. The number of rotatable bonds is 66. The first-order valence-corrected chi connectivity index (χ1v) is 37.2. The first-order valence-electron chi connectivity index (χ1n) is 37.2. The van der Waals surface area contributed by atoms with E-state index in [1.165, 1.54) is 154 Å². The van der Waals surface area contributed by atoms with E-state index in [4.69, 9.17) is 0 Å². The molecule has 0 spiro atoms. The normalized spacial score (nSPS) is 15.0. The van der Waals surface area contributed by atoms with Crippen molar-refractivity contribution >= 4 is 0 Å². The van der Waals surface area contributed by atoms with Crippen molar-refractivity contribution in [3.63, 3.8) is 0 Å². The molecule has 0 fully saturated rings. The van der Waals surface area contributed by atoms with Crippen molar-refractivity contribution in [1.82, 2.24) is 20.0 Å². The first-order chi connectivity index (χ1) is 40.7. The SMILES string of the molecule is CCCCC(O)CN(CC(O)CCCC)N(CC(O)CCCC)CC(O)CCCC.CCCCCCCCCCC(O)CN(CC(O)CCCCCCCCCC)N(CC(O)CCCCCCCCCC)CC(O)CCCCCCCCCC. The summed E-state index contributed by atoms with van der Waals surface area (Å²) in [6.45, 7) is 20.9. The van der Waals surface area contributed by atoms with Gasteiger partial charge in [-0.15, -0.1) is 0 Å². The number of aliphatic hydroxyl groups excluding tert-OH is 8. The molecular weight excluding hydrogens is 1050 g/mol. The second kappa shape index (κ2) is 65.5. The highest BCUT2D eigenvalue weighted by molar-refractivity contribution is 4.76. The number of unbranched alkanes of at least 4 members (excludes halogenated alkanes) is 32. The summed E-state index contributed by atoms with van der Waals surface area (Å²) in [5.74, 6) is 0. The number of hydrogen-bond acceptors (Lipinski definition) is 12. The van der Waals surface area contributed by atoms with Crippen LogP contribution in [-0.4, -0.2) is 162 Å². The van der Waals surface area contributed by atoms with Crippen molar-refractivity contribution in [1.29, 1.82) is 0 Å². The Labute approximate surface area is 523 Å². The number of aliphatic hydroxyl groups is 8. The Morgan fingerprint density at radius 3 is 0.393 bits per heavy atom. The zero-order valence-electron chi connectivity index (χ0n) is 57.6. The average Bonchev–Trinajstić information content (AvgIpc) is 3.51. The van der Waals surface area contributed by atoms with Crippen molar-refractivity contribution in [3.8, 4) is 0 Å². The van der Waals surface area contributed by atoms with E-state index >= 15 is 0 Å². The van der Waals surface area contributed by atoms with Crippen LogP contribution < -0.4 is 0 Å². The molecule has 8 unspecified atom stereocenters. The minimum absolute atomic E-state index is 0.421. The second-order valence-corrected chi connectivity index (χ2v) is 26.3. The lowest BCUT2D eigenvalue weighted by Crippen LogP contribution is -2.54. The quantitative estimate of drug-likeness (QED) is 0.0214. The zero-order valence-corrected chi connectivity index (χ0v) is 57.6. The van der Waals surface area contributed by atoms with E-state index in [-0.39, 0.29) is 0 Å². The van der Waals surface area contributed by atoms with Crippen LogP contribution >= 0.6 is 0 Å². The summed E-state index contributed by atoms with van der Waals surface area (Å²) in [5, 5.41) is 95.8. The van der Waals surface area contributed by atoms with Gasteiger partial charge >= 0.3 is 0 Å². The van der Waals surface area contributed by atoms with Gasteiger partial charge < -0.3 is 40.9 Å². The van der Waals surface area contributed by atoms with Crippen LogP contribution in [0.3, 0.4) is 0 Å². The molecule has 0 saturated heterocycles. The van der Waals surface area contributed by atoms with Crippen molar-refractivity contribution in [2.24, 2.45) is 0 Å². The Hall–Kier alpha value is -0.480. The van der Waals surface area contributed by atoms with Gasteiger partial charge in [-0.1, -0.05) is 312 Å². The molecule has 0 saturated carbocycles. The molecule has 0 radical (unpaired) electrons. The maximum absolute atomic E-state index is 11.3. The van der Waals surface area contributed by atoms with E-state index in [1.807, 2.05) is 10.0 Å². The highest BCUT2D eigenvalue weighted by Crippen LogP contribution is 2.20. The minimum atomic E-state index is -0.488. The van der Waals surface area contributed by atoms with Gasteiger partial charge in [-0.2, -0.15) is 0 Å². The minimum Gasteiger partial charge on any atom is -0.392 e. The molecule has 12 heteroatoms. The Kier molecular flexibility index (Phi) is 66.7. The number of hydrogen-bond donors (Lipinski definition) is 8. The van der Waals surface area contributed by atoms with Crippen LogP contribution in [0.2, 0.25) is 0 Å². The van der Waals surface area contributed by atoms with Crippen LogP contribution in [0, 0.1) is 0 Å². The van der Waals surface area contributed by atoms with E-state index in [0.29, 0.717) is 52.4 Å². The second-order valence-electron chi connectivity index (χ2n) is 26.3. The van der Waals surface area contributed by atoms with E-state index in [0.717, 1.165) is 154 Å². The summed E-state index contributed by atoms with van der Waals surface area (Å²) in [6.07, 6.45) is 49.9. The van der Waals surface area contributed by atoms with Crippen LogP contribution in [-0.2, 0) is 0 Å². The van der Waals surface area contributed by atoms with Crippen molar-refractivity contribution in [3.05, 3.63) is 0 Å². The van der Waals surface area contributed by atoms with E-state index in [1.54, 1.807) is 0 Å². The molecule has 0 heterocycles. The lowest BCUT2D eigenvalue weighted by Gasteiger charge is -2.39. The third kappa shape index (κ3) is 57.9. The molecule has 0 aromatic rings. The molecule has 0 aliphatic carbocycles. The van der Waals surface area contributed by atoms with Gasteiger partial charge in [0.25, 0.3) is 0 Å². The molecular formula is C72H152N4O8. The van der Waals surface area contributed by atoms with Gasteiger partial charge in [-0.25, -0.2) is 20.0 Å². The van der Waals surface area contributed by atoms with E-state index in [2.05, 4.69) is 65.4 Å². The molecule has 0 aliphatic heterocycles. The third-order valence-electron chi connectivity index (χ3n) is 17.3. The summed E-state index contributed by atoms with van der Waals surface area (Å²) in [6, 6.07) is 0. The highest BCUT2D eigenvalue weighted by atomic mass is 16.3. The molecule has 0 bridgehead atoms. The molecule has 8 N–H and O–H groups in total. The molecule has 0 rings (SSSR count). The summed E-state index contributed by atoms with van der Waals surface area (Å²) < 4.78 is 0. The summed E-state index contributed by atoms with van der Waals surface area (Å²) in [7, 11) is 0. The molecule has 0 aromatic carbocycles. The maximum atomic E-state index is 11.3. The largest absolute Gasteiger partial charge is 0.392 e. The Bertz CT molecular complexity index is 1080. The van der Waals surface area contributed by atoms with Gasteiger partial charge in [0.2, 0.25) is 0 Å². The summed E-state index contributed by atoms with van der Waals surface area (Å²) >= 11 is 0. The molecule has 0 aromatic heterocycles. The first kappa shape index (κ1) is 85.6. The van der Waals surface area contributed by atoms with Gasteiger partial charge in [0.1, 0.15) is 0 Å². The van der Waals surface area contributed by atoms with Crippen molar-refractivity contribution in [2.75, 3.05) is 52.4 Å². The fourth-order valence-corrected chi connectivity index (χ4v) is 11.7. The van der Waals surface area contributed by atoms with Gasteiger partial charge in [-0.05, 0) is 51.4 Å². The van der Waals surface area contributed by atoms with E-state index in [9.17, 15) is 40.9 Å². The number of hydrazine groups is 2. The molecule has 0 amide bonds. The third-order valence-corrected chi connectivity index (χ3v) is 17.3. The predicted octanol–water partition coefficient (Wildman–Crippen LogP) is 16.8. The lowest BCUT2D eigenvalue weighted by molar-refractivity contribution is -0.111. The van der Waals surface area contributed by atoms with Crippen LogP contribution in [0.15, 0.2) is 0 Å². The molecule has 84 heavy (non-hydrogen) atoms. The number of nitrogens with zero attached hydrogens (tertiary/aromatic N) is 4. The van der Waals surface area contributed by atoms with Crippen LogP contribution in [0.5, 0.6) is 0 Å². The topological polar surface area (TPSA) is 175 Å². The highest BCUT2D eigenvalue weighted by Gasteiger charge is 2.28. The smallest absolute Gasteiger partial charge is 0.0681 e. The Balaban J connectivity index is 0. The lowest BCUT2D eigenvalue weighted by atomic mass is 10.0. The predicted molar refractivity (Wildman–Crippen MR) is 361 cm³/mol. The van der Waals surface area contributed by atoms with Crippen molar-refractivity contribution < 1.29 is 40.9 Å². The summed E-state index contributed by atoms with van der Waals surface area (Å²) in [5.41, 5.74) is 0. The van der Waals surface area contributed by atoms with Crippen LogP contribution in [0.1, 0.15) is 364 Å². The zero-order chi connectivity index (χ0) is 62.5. The molecule has 8 atom stereocenters. The van der Waals surface area contributed by atoms with Crippen LogP contribution in [0.25, 0.3) is 0 Å². The maximum Gasteiger partial charge on any atom is 0.0681 e. The molecule has 0 aliphatic rings. The average molecular weight is 1200 g/mol. The molecule has 12 nitrogen and oxygen atoms in total. The Morgan fingerprint density at radius 1 is 0.155 bits per heavy atom. The van der Waals surface area contributed by atoms with Gasteiger partial charge in [0, 0.05) is 52.4 Å².